The van der Waals surface area contributed by atoms with Crippen molar-refractivity contribution in [3.8, 4) is 0 Å². The van der Waals surface area contributed by atoms with E-state index in [0.29, 0.717) is 0 Å². The van der Waals surface area contributed by atoms with Gasteiger partial charge in [-0.05, 0) is 0 Å². The molecule has 0 aromatic carbocycles. The van der Waals surface area contributed by atoms with E-state index < -0.39 is 16.1 Å². The van der Waals surface area contributed by atoms with Gasteiger partial charge in [0.1, 0.15) is 0 Å². The normalized spacial score (nSPS) is 19.3. The standard InChI is InChI=1S/C6H7O.3CH3.Pt/c1-7-6-4-2-3-5-6;;;;/h2,4H,3H2,1H3;3*1H3;. The topological polar surface area (TPSA) is 9.23 Å². The van der Waals surface area contributed by atoms with Crippen LogP contribution in [-0.2, 0) is 20.8 Å². The molecule has 0 bridgehead atoms. The third-order valence-corrected chi connectivity index (χ3v) is 6.74. The Bertz CT molecular complexity index is 208. The Morgan fingerprint density at radius 2 is 2.00 bits per heavy atom. The van der Waals surface area contributed by atoms with Crippen molar-refractivity contribution >= 4 is 0 Å². The Labute approximate surface area is 72.3 Å². The first-order chi connectivity index (χ1) is 5.05. The van der Waals surface area contributed by atoms with Gasteiger partial charge in [-0.2, -0.15) is 0 Å². The summed E-state index contributed by atoms with van der Waals surface area (Å²) in [6.45, 7) is 0. The molecule has 1 rings (SSSR count). The van der Waals surface area contributed by atoms with Crippen molar-refractivity contribution in [3.05, 3.63) is 21.9 Å². The number of methoxy groups -OCH3 is 1. The predicted octanol–water partition coefficient (Wildman–Crippen LogP) is 3.10. The monoisotopic (exact) mass is 335 g/mol. The molecule has 0 aromatic heterocycles. The minimum absolute atomic E-state index is 1.13. The Kier molecular flexibility index (Phi) is 2.59. The van der Waals surface area contributed by atoms with Crippen molar-refractivity contribution < 1.29 is 20.8 Å². The molecule has 0 N–H and O–H groups in total. The molecule has 0 atom stereocenters. The van der Waals surface area contributed by atoms with Crippen LogP contribution in [0.25, 0.3) is 0 Å². The SMILES string of the molecule is COC1=[C]([Pt]([CH3])([CH3])[CH3])CC=C1. The van der Waals surface area contributed by atoms with E-state index >= 15 is 0 Å². The molecule has 0 aromatic rings. The number of rotatable bonds is 2. The molecule has 0 unspecified atom stereocenters. The summed E-state index contributed by atoms with van der Waals surface area (Å²) in [4.78, 5) is 0. The van der Waals surface area contributed by atoms with Crippen LogP contribution in [-0.4, -0.2) is 7.11 Å². The molecule has 0 saturated heterocycles. The fourth-order valence-corrected chi connectivity index (χ4v) is 4.81. The molecule has 0 heterocycles. The van der Waals surface area contributed by atoms with E-state index in [1.54, 1.807) is 11.1 Å². The maximum absolute atomic E-state index is 5.29. The van der Waals surface area contributed by atoms with Gasteiger partial charge in [-0.25, -0.2) is 0 Å². The summed E-state index contributed by atoms with van der Waals surface area (Å²) in [5.41, 5.74) is 0. The molecule has 0 fully saturated rings. The Morgan fingerprint density at radius 3 is 2.36 bits per heavy atom. The fourth-order valence-electron chi connectivity index (χ4n) is 1.05. The molecule has 0 radical (unpaired) electrons. The third-order valence-electron chi connectivity index (χ3n) is 1.60. The van der Waals surface area contributed by atoms with Gasteiger partial charge >= 0.3 is 72.1 Å². The maximum atomic E-state index is 5.29. The molecule has 1 nitrogen and oxygen atoms in total. The molecule has 11 heavy (non-hydrogen) atoms. The van der Waals surface area contributed by atoms with Crippen molar-refractivity contribution in [2.75, 3.05) is 7.11 Å². The molecule has 2 heteroatoms. The van der Waals surface area contributed by atoms with E-state index in [-0.39, 0.29) is 0 Å². The summed E-state index contributed by atoms with van der Waals surface area (Å²) in [5, 5.41) is 7.19. The second kappa shape index (κ2) is 3.14. The average Bonchev–Trinajstić information content (AvgIpc) is 2.31. The molecule has 0 aliphatic heterocycles. The van der Waals surface area contributed by atoms with Gasteiger partial charge in [-0.1, -0.05) is 0 Å². The summed E-state index contributed by atoms with van der Waals surface area (Å²) in [6, 6.07) is 0. The van der Waals surface area contributed by atoms with E-state index in [2.05, 4.69) is 28.1 Å². The van der Waals surface area contributed by atoms with Crippen LogP contribution < -0.4 is 0 Å². The van der Waals surface area contributed by atoms with Gasteiger partial charge in [-0.3, -0.25) is 0 Å². The summed E-state index contributed by atoms with van der Waals surface area (Å²) in [7, 11) is 1.76. The van der Waals surface area contributed by atoms with Crippen molar-refractivity contribution in [1.29, 1.82) is 0 Å². The van der Waals surface area contributed by atoms with Crippen LogP contribution in [0.4, 0.5) is 0 Å². The van der Waals surface area contributed by atoms with Crippen LogP contribution in [0.1, 0.15) is 6.42 Å². The predicted molar refractivity (Wildman–Crippen MR) is 45.4 cm³/mol. The van der Waals surface area contributed by atoms with Crippen LogP contribution >= 0.6 is 0 Å². The molecule has 1 aliphatic rings. The second-order valence-electron chi connectivity index (χ2n) is 2.97. The van der Waals surface area contributed by atoms with Gasteiger partial charge in [0.05, 0.1) is 0 Å². The van der Waals surface area contributed by atoms with E-state index in [0.717, 1.165) is 12.2 Å². The zero-order chi connectivity index (χ0) is 8.48. The first-order valence-electron chi connectivity index (χ1n) is 3.35. The fraction of sp³-hybridized carbons (Fsp3) is 0.556. The van der Waals surface area contributed by atoms with Gasteiger partial charge in [0.25, 0.3) is 0 Å². The van der Waals surface area contributed by atoms with Crippen LogP contribution in [0.5, 0.6) is 0 Å². The Balaban J connectivity index is 2.88. The van der Waals surface area contributed by atoms with Gasteiger partial charge in [0.2, 0.25) is 0 Å². The second-order valence-corrected chi connectivity index (χ2v) is 14.6. The van der Waals surface area contributed by atoms with E-state index in [1.807, 2.05) is 0 Å². The molecule has 0 spiro atoms. The molecule has 0 amide bonds. The molecular weight excluding hydrogens is 319 g/mol. The van der Waals surface area contributed by atoms with E-state index in [1.165, 1.54) is 0 Å². The Hall–Kier alpha value is -0.0317. The molecule has 68 valence electrons. The van der Waals surface area contributed by atoms with Gasteiger partial charge < -0.3 is 0 Å². The van der Waals surface area contributed by atoms with Crippen LogP contribution in [0.3, 0.4) is 0 Å². The Morgan fingerprint density at radius 1 is 1.36 bits per heavy atom. The third kappa shape index (κ3) is 1.96. The average molecular weight is 335 g/mol. The van der Waals surface area contributed by atoms with Crippen molar-refractivity contribution in [2.24, 2.45) is 0 Å². The van der Waals surface area contributed by atoms with Gasteiger partial charge in [-0.15, -0.1) is 0 Å². The first kappa shape index (κ1) is 9.06. The van der Waals surface area contributed by atoms with Crippen molar-refractivity contribution in [3.63, 3.8) is 0 Å². The summed E-state index contributed by atoms with van der Waals surface area (Å²) < 4.78 is 6.87. The summed E-state index contributed by atoms with van der Waals surface area (Å²) in [5.74, 6) is 1.13. The number of allylic oxidation sites excluding steroid dienone is 3. The van der Waals surface area contributed by atoms with E-state index in [4.69, 9.17) is 4.74 Å². The van der Waals surface area contributed by atoms with Crippen LogP contribution in [0, 0.1) is 0 Å². The summed E-state index contributed by atoms with van der Waals surface area (Å²) in [6.07, 6.45) is 5.43. The van der Waals surface area contributed by atoms with Crippen molar-refractivity contribution in [2.45, 2.75) is 22.4 Å². The molecular formula is C9H16OPt. The number of ether oxygens (including phenoxy) is 1. The molecule has 0 saturated carbocycles. The van der Waals surface area contributed by atoms with Gasteiger partial charge in [0.15, 0.2) is 0 Å². The van der Waals surface area contributed by atoms with Crippen molar-refractivity contribution in [1.82, 2.24) is 0 Å². The van der Waals surface area contributed by atoms with E-state index in [9.17, 15) is 0 Å². The quantitative estimate of drug-likeness (QED) is 0.754. The summed E-state index contributed by atoms with van der Waals surface area (Å²) >= 11 is -1.52. The zero-order valence-electron chi connectivity index (χ0n) is 7.59. The zero-order valence-corrected chi connectivity index (χ0v) is 9.86. The van der Waals surface area contributed by atoms with Crippen LogP contribution in [0.2, 0.25) is 15.9 Å². The number of hydrogen-bond acceptors (Lipinski definition) is 1. The number of hydrogen-bond donors (Lipinski definition) is 0. The van der Waals surface area contributed by atoms with Crippen LogP contribution in [0.15, 0.2) is 21.9 Å². The molecule has 1 aliphatic carbocycles. The minimum atomic E-state index is -1.52. The van der Waals surface area contributed by atoms with Gasteiger partial charge in [0, 0.05) is 0 Å². The first-order valence-corrected chi connectivity index (χ1v) is 11.3.